The van der Waals surface area contributed by atoms with Crippen molar-refractivity contribution in [3.8, 4) is 11.3 Å². The van der Waals surface area contributed by atoms with Crippen LogP contribution in [0.15, 0.2) is 65.1 Å². The van der Waals surface area contributed by atoms with Crippen molar-refractivity contribution in [2.45, 2.75) is 26.2 Å². The van der Waals surface area contributed by atoms with Crippen LogP contribution in [0.4, 0.5) is 11.4 Å². The van der Waals surface area contributed by atoms with Crippen molar-refractivity contribution in [3.63, 3.8) is 0 Å². The lowest BCUT2D eigenvalue weighted by molar-refractivity contribution is -0.384. The van der Waals surface area contributed by atoms with Gasteiger partial charge in [0.15, 0.2) is 5.76 Å². The van der Waals surface area contributed by atoms with E-state index in [2.05, 4.69) is 19.2 Å². The Labute approximate surface area is 157 Å². The molecular formula is C21H20N2O4. The summed E-state index contributed by atoms with van der Waals surface area (Å²) in [5, 5.41) is 13.9. The summed E-state index contributed by atoms with van der Waals surface area (Å²) in [7, 11) is 0. The van der Waals surface area contributed by atoms with E-state index in [-0.39, 0.29) is 17.2 Å². The fourth-order valence-corrected chi connectivity index (χ4v) is 2.77. The SMILES string of the molecule is CCC(C)c1ccc(NC(=O)c2ccc(-c3ccccc3[N+](=O)[O-])o2)cc1. The Morgan fingerprint density at radius 1 is 1.11 bits per heavy atom. The van der Waals surface area contributed by atoms with Crippen LogP contribution < -0.4 is 5.32 Å². The Hall–Kier alpha value is -3.41. The number of hydrogen-bond acceptors (Lipinski definition) is 4. The monoisotopic (exact) mass is 364 g/mol. The minimum absolute atomic E-state index is 0.0700. The van der Waals surface area contributed by atoms with Gasteiger partial charge in [0, 0.05) is 11.8 Å². The first-order valence-corrected chi connectivity index (χ1v) is 8.74. The Morgan fingerprint density at radius 3 is 2.48 bits per heavy atom. The third kappa shape index (κ3) is 4.06. The van der Waals surface area contributed by atoms with Gasteiger partial charge in [-0.3, -0.25) is 14.9 Å². The number of hydrogen-bond donors (Lipinski definition) is 1. The molecule has 0 radical (unpaired) electrons. The number of carbonyl (C=O) groups is 1. The van der Waals surface area contributed by atoms with Gasteiger partial charge in [0.05, 0.1) is 10.5 Å². The average molecular weight is 364 g/mol. The Morgan fingerprint density at radius 2 is 1.81 bits per heavy atom. The summed E-state index contributed by atoms with van der Waals surface area (Å²) in [6, 6.07) is 17.0. The molecule has 0 spiro atoms. The van der Waals surface area contributed by atoms with E-state index in [9.17, 15) is 14.9 Å². The van der Waals surface area contributed by atoms with E-state index in [0.717, 1.165) is 6.42 Å². The fraction of sp³-hybridized carbons (Fsp3) is 0.190. The van der Waals surface area contributed by atoms with E-state index in [1.807, 2.05) is 24.3 Å². The van der Waals surface area contributed by atoms with E-state index in [1.165, 1.54) is 17.7 Å². The quantitative estimate of drug-likeness (QED) is 0.454. The highest BCUT2D eigenvalue weighted by Gasteiger charge is 2.19. The molecule has 0 aliphatic rings. The lowest BCUT2D eigenvalue weighted by Gasteiger charge is -2.10. The molecule has 1 aromatic heterocycles. The van der Waals surface area contributed by atoms with Gasteiger partial charge < -0.3 is 9.73 Å². The van der Waals surface area contributed by atoms with Gasteiger partial charge in [0.2, 0.25) is 0 Å². The minimum atomic E-state index is -0.476. The zero-order valence-electron chi connectivity index (χ0n) is 15.1. The molecule has 3 rings (SSSR count). The second-order valence-electron chi connectivity index (χ2n) is 6.32. The molecule has 1 heterocycles. The van der Waals surface area contributed by atoms with E-state index in [1.54, 1.807) is 24.3 Å². The number of amides is 1. The highest BCUT2D eigenvalue weighted by atomic mass is 16.6. The van der Waals surface area contributed by atoms with E-state index < -0.39 is 10.8 Å². The Bertz CT molecular complexity index is 960. The van der Waals surface area contributed by atoms with Crippen molar-refractivity contribution in [2.75, 3.05) is 5.32 Å². The smallest absolute Gasteiger partial charge is 0.291 e. The lowest BCUT2D eigenvalue weighted by atomic mass is 9.99. The second-order valence-corrected chi connectivity index (χ2v) is 6.32. The first kappa shape index (κ1) is 18.4. The molecule has 0 aliphatic heterocycles. The summed E-state index contributed by atoms with van der Waals surface area (Å²) >= 11 is 0. The van der Waals surface area contributed by atoms with Gasteiger partial charge in [0.25, 0.3) is 11.6 Å². The number of nitro groups is 1. The molecule has 27 heavy (non-hydrogen) atoms. The summed E-state index contributed by atoms with van der Waals surface area (Å²) in [6.07, 6.45) is 1.05. The normalized spacial score (nSPS) is 11.8. The number of nitrogens with zero attached hydrogens (tertiary/aromatic N) is 1. The predicted molar refractivity (Wildman–Crippen MR) is 104 cm³/mol. The van der Waals surface area contributed by atoms with Crippen molar-refractivity contribution >= 4 is 17.3 Å². The molecule has 138 valence electrons. The molecule has 6 nitrogen and oxygen atoms in total. The average Bonchev–Trinajstić information content (AvgIpc) is 3.18. The van der Waals surface area contributed by atoms with Crippen LogP contribution in [-0.4, -0.2) is 10.8 Å². The highest BCUT2D eigenvalue weighted by Crippen LogP contribution is 2.31. The summed E-state index contributed by atoms with van der Waals surface area (Å²) in [6.45, 7) is 4.28. The first-order valence-electron chi connectivity index (χ1n) is 8.74. The van der Waals surface area contributed by atoms with Crippen molar-refractivity contribution in [1.82, 2.24) is 0 Å². The van der Waals surface area contributed by atoms with Gasteiger partial charge in [0.1, 0.15) is 5.76 Å². The fourth-order valence-electron chi connectivity index (χ4n) is 2.77. The van der Waals surface area contributed by atoms with Crippen LogP contribution >= 0.6 is 0 Å². The molecule has 0 saturated heterocycles. The maximum absolute atomic E-state index is 12.4. The molecule has 1 N–H and O–H groups in total. The van der Waals surface area contributed by atoms with Gasteiger partial charge in [-0.2, -0.15) is 0 Å². The number of furan rings is 1. The van der Waals surface area contributed by atoms with Gasteiger partial charge in [-0.05, 0) is 48.2 Å². The number of carbonyl (C=O) groups excluding carboxylic acids is 1. The topological polar surface area (TPSA) is 85.4 Å². The summed E-state index contributed by atoms with van der Waals surface area (Å²) in [4.78, 5) is 23.1. The molecule has 6 heteroatoms. The minimum Gasteiger partial charge on any atom is -0.451 e. The third-order valence-electron chi connectivity index (χ3n) is 4.55. The summed E-state index contributed by atoms with van der Waals surface area (Å²) < 4.78 is 5.56. The molecule has 3 aromatic rings. The van der Waals surface area contributed by atoms with Crippen LogP contribution in [0.5, 0.6) is 0 Å². The Balaban J connectivity index is 1.77. The maximum atomic E-state index is 12.4. The number of para-hydroxylation sites is 1. The highest BCUT2D eigenvalue weighted by molar-refractivity contribution is 6.02. The zero-order chi connectivity index (χ0) is 19.4. The van der Waals surface area contributed by atoms with E-state index in [4.69, 9.17) is 4.42 Å². The van der Waals surface area contributed by atoms with Crippen LogP contribution in [0.3, 0.4) is 0 Å². The van der Waals surface area contributed by atoms with Crippen LogP contribution in [0, 0.1) is 10.1 Å². The first-order chi connectivity index (χ1) is 13.0. The van der Waals surface area contributed by atoms with Gasteiger partial charge >= 0.3 is 0 Å². The molecule has 1 unspecified atom stereocenters. The number of rotatable bonds is 6. The summed E-state index contributed by atoms with van der Waals surface area (Å²) in [5.74, 6) is 0.425. The molecular weight excluding hydrogens is 344 g/mol. The standard InChI is InChI=1S/C21H20N2O4/c1-3-14(2)15-8-10-16(11-9-15)22-21(24)20-13-12-19(27-20)17-6-4-5-7-18(17)23(25)26/h4-14H,3H2,1-2H3,(H,22,24). The Kier molecular flexibility index (Phi) is 5.35. The lowest BCUT2D eigenvalue weighted by Crippen LogP contribution is -2.10. The molecule has 1 atom stereocenters. The molecule has 1 amide bonds. The van der Waals surface area contributed by atoms with Gasteiger partial charge in [-0.15, -0.1) is 0 Å². The van der Waals surface area contributed by atoms with E-state index >= 15 is 0 Å². The summed E-state index contributed by atoms with van der Waals surface area (Å²) in [5.41, 5.74) is 2.14. The van der Waals surface area contributed by atoms with Crippen molar-refractivity contribution in [3.05, 3.63) is 82.1 Å². The van der Waals surface area contributed by atoms with Crippen LogP contribution in [0.1, 0.15) is 42.3 Å². The number of anilines is 1. The van der Waals surface area contributed by atoms with Crippen LogP contribution in [0.25, 0.3) is 11.3 Å². The zero-order valence-corrected chi connectivity index (χ0v) is 15.1. The van der Waals surface area contributed by atoms with E-state index in [0.29, 0.717) is 17.2 Å². The maximum Gasteiger partial charge on any atom is 0.291 e. The van der Waals surface area contributed by atoms with Gasteiger partial charge in [-0.25, -0.2) is 0 Å². The molecule has 0 bridgehead atoms. The number of benzene rings is 2. The number of nitrogens with one attached hydrogen (secondary N) is 1. The molecule has 0 aliphatic carbocycles. The second kappa shape index (κ2) is 7.86. The van der Waals surface area contributed by atoms with Crippen LogP contribution in [0.2, 0.25) is 0 Å². The van der Waals surface area contributed by atoms with Crippen LogP contribution in [-0.2, 0) is 0 Å². The van der Waals surface area contributed by atoms with Crippen molar-refractivity contribution < 1.29 is 14.1 Å². The molecule has 0 saturated carbocycles. The molecule has 0 fully saturated rings. The number of nitro benzene ring substituents is 1. The third-order valence-corrected chi connectivity index (χ3v) is 4.55. The largest absolute Gasteiger partial charge is 0.451 e. The predicted octanol–water partition coefficient (Wildman–Crippen LogP) is 5.62. The van der Waals surface area contributed by atoms with Gasteiger partial charge in [-0.1, -0.05) is 38.1 Å². The molecule has 2 aromatic carbocycles. The van der Waals surface area contributed by atoms with Crippen molar-refractivity contribution in [2.24, 2.45) is 0 Å². The van der Waals surface area contributed by atoms with Crippen molar-refractivity contribution in [1.29, 1.82) is 0 Å².